The average Bonchev–Trinajstić information content (AvgIpc) is 2.87. The van der Waals surface area contributed by atoms with Crippen molar-refractivity contribution in [2.24, 2.45) is 7.05 Å². The van der Waals surface area contributed by atoms with Gasteiger partial charge in [-0.3, -0.25) is 9.48 Å². The number of aryl methyl sites for hydroxylation is 2. The van der Waals surface area contributed by atoms with E-state index in [1.165, 1.54) is 6.20 Å². The average molecular weight is 378 g/mol. The summed E-state index contributed by atoms with van der Waals surface area (Å²) in [5, 5.41) is 8.21. The lowest BCUT2D eigenvalue weighted by atomic mass is 10.2. The molecule has 128 valence electrons. The van der Waals surface area contributed by atoms with E-state index < -0.39 is 6.03 Å². The zero-order chi connectivity index (χ0) is 18.1. The number of benzene rings is 1. The van der Waals surface area contributed by atoms with Crippen molar-refractivity contribution in [3.63, 3.8) is 0 Å². The topological polar surface area (TPSA) is 80.1 Å². The second kappa shape index (κ2) is 6.70. The van der Waals surface area contributed by atoms with Gasteiger partial charge in [-0.25, -0.2) is 14.7 Å². The summed E-state index contributed by atoms with van der Waals surface area (Å²) in [4.78, 5) is 29.1. The summed E-state index contributed by atoms with van der Waals surface area (Å²) < 4.78 is 1.58. The third-order valence-electron chi connectivity index (χ3n) is 3.62. The number of fused-ring (bicyclic) bond motifs is 1. The Balaban J connectivity index is 1.97. The molecule has 0 atom stereocenters. The van der Waals surface area contributed by atoms with Gasteiger partial charge in [0.25, 0.3) is 0 Å². The third-order valence-corrected chi connectivity index (χ3v) is 4.26. The fraction of sp³-hybridized carbons (Fsp3) is 0.125. The summed E-state index contributed by atoms with van der Waals surface area (Å²) >= 11 is 12.2. The van der Waals surface area contributed by atoms with Crippen molar-refractivity contribution in [1.82, 2.24) is 14.8 Å². The smallest absolute Gasteiger partial charge is 0.307 e. The Hall–Kier alpha value is -2.64. The maximum Gasteiger partial charge on any atom is 0.333 e. The van der Waals surface area contributed by atoms with Crippen molar-refractivity contribution in [2.75, 3.05) is 10.2 Å². The zero-order valence-corrected chi connectivity index (χ0v) is 14.8. The fourth-order valence-corrected chi connectivity index (χ4v) is 2.94. The molecule has 2 aromatic heterocycles. The number of pyridine rings is 1. The normalized spacial score (nSPS) is 10.7. The highest BCUT2D eigenvalue weighted by molar-refractivity contribution is 6.39. The molecule has 9 heteroatoms. The summed E-state index contributed by atoms with van der Waals surface area (Å²) in [6.07, 6.45) is 1.74. The molecule has 7 nitrogen and oxygen atoms in total. The Labute approximate surface area is 153 Å². The number of rotatable bonds is 3. The van der Waals surface area contributed by atoms with Crippen molar-refractivity contribution in [3.05, 3.63) is 46.2 Å². The summed E-state index contributed by atoms with van der Waals surface area (Å²) in [6, 6.07) is 5.83. The van der Waals surface area contributed by atoms with E-state index in [4.69, 9.17) is 23.2 Å². The molecule has 0 aliphatic heterocycles. The van der Waals surface area contributed by atoms with Gasteiger partial charge in [0, 0.05) is 17.8 Å². The van der Waals surface area contributed by atoms with Gasteiger partial charge in [0.05, 0.1) is 28.0 Å². The summed E-state index contributed by atoms with van der Waals surface area (Å²) in [5.41, 5.74) is 1.88. The van der Waals surface area contributed by atoms with Crippen LogP contribution in [-0.2, 0) is 11.8 Å². The van der Waals surface area contributed by atoms with Crippen molar-refractivity contribution in [2.45, 2.75) is 6.92 Å². The van der Waals surface area contributed by atoms with Crippen LogP contribution < -0.4 is 10.2 Å². The van der Waals surface area contributed by atoms with Gasteiger partial charge in [-0.15, -0.1) is 0 Å². The minimum atomic E-state index is -0.665. The van der Waals surface area contributed by atoms with E-state index in [9.17, 15) is 9.59 Å². The van der Waals surface area contributed by atoms with Crippen LogP contribution >= 0.6 is 23.2 Å². The molecule has 2 heterocycles. The zero-order valence-electron chi connectivity index (χ0n) is 13.3. The molecule has 3 rings (SSSR count). The van der Waals surface area contributed by atoms with Crippen LogP contribution in [0.2, 0.25) is 10.0 Å². The minimum Gasteiger partial charge on any atom is -0.307 e. The van der Waals surface area contributed by atoms with Gasteiger partial charge >= 0.3 is 6.03 Å². The lowest BCUT2D eigenvalue weighted by Crippen LogP contribution is -2.34. The number of amides is 3. The van der Waals surface area contributed by atoms with E-state index in [0.717, 1.165) is 4.90 Å². The second-order valence-corrected chi connectivity index (χ2v) is 6.09. The molecule has 0 fully saturated rings. The van der Waals surface area contributed by atoms with E-state index in [1.54, 1.807) is 42.9 Å². The van der Waals surface area contributed by atoms with Crippen LogP contribution in [0.4, 0.5) is 16.2 Å². The van der Waals surface area contributed by atoms with Gasteiger partial charge in [0.2, 0.25) is 6.41 Å². The van der Waals surface area contributed by atoms with Crippen molar-refractivity contribution >= 4 is 58.1 Å². The van der Waals surface area contributed by atoms with Gasteiger partial charge in [-0.2, -0.15) is 5.10 Å². The van der Waals surface area contributed by atoms with Crippen LogP contribution in [0.25, 0.3) is 11.0 Å². The Bertz CT molecular complexity index is 969. The molecule has 0 bridgehead atoms. The molecule has 0 saturated heterocycles. The number of nitrogens with one attached hydrogen (secondary N) is 1. The standard InChI is InChI=1S/C16H13Cl2N5O2/c1-9-13-14(18)12(7-19-15(13)22(2)21-9)23(8-24)16(25)20-11-5-3-10(17)4-6-11/h3-8H,1-2H3,(H,20,25). The second-order valence-electron chi connectivity index (χ2n) is 5.28. The molecule has 0 spiro atoms. The van der Waals surface area contributed by atoms with E-state index in [-0.39, 0.29) is 10.7 Å². The molecule has 25 heavy (non-hydrogen) atoms. The highest BCUT2D eigenvalue weighted by Crippen LogP contribution is 2.33. The van der Waals surface area contributed by atoms with E-state index in [1.807, 2.05) is 0 Å². The SMILES string of the molecule is Cc1nn(C)c2ncc(N(C=O)C(=O)Nc3ccc(Cl)cc3)c(Cl)c12. The molecular weight excluding hydrogens is 365 g/mol. The number of nitrogens with zero attached hydrogens (tertiary/aromatic N) is 4. The Kier molecular flexibility index (Phi) is 4.61. The number of halogens is 2. The maximum atomic E-state index is 12.5. The lowest BCUT2D eigenvalue weighted by Gasteiger charge is -2.17. The Morgan fingerprint density at radius 1 is 1.28 bits per heavy atom. The number of hydrogen-bond donors (Lipinski definition) is 1. The number of aromatic nitrogens is 3. The molecule has 1 N–H and O–H groups in total. The van der Waals surface area contributed by atoms with E-state index in [0.29, 0.717) is 33.8 Å². The molecule has 1 aromatic carbocycles. The van der Waals surface area contributed by atoms with Crippen LogP contribution in [0.3, 0.4) is 0 Å². The number of urea groups is 1. The molecule has 0 radical (unpaired) electrons. The molecule has 3 aromatic rings. The molecule has 3 amide bonds. The number of carbonyl (C=O) groups is 2. The fourth-order valence-electron chi connectivity index (χ4n) is 2.46. The summed E-state index contributed by atoms with van der Waals surface area (Å²) in [5.74, 6) is 0. The lowest BCUT2D eigenvalue weighted by molar-refractivity contribution is -0.106. The summed E-state index contributed by atoms with van der Waals surface area (Å²) in [6.45, 7) is 1.78. The van der Waals surface area contributed by atoms with Crippen LogP contribution in [0.1, 0.15) is 5.69 Å². The summed E-state index contributed by atoms with van der Waals surface area (Å²) in [7, 11) is 1.74. The third kappa shape index (κ3) is 3.16. The Morgan fingerprint density at radius 2 is 1.96 bits per heavy atom. The largest absolute Gasteiger partial charge is 0.333 e. The monoisotopic (exact) mass is 377 g/mol. The first-order chi connectivity index (χ1) is 11.9. The highest BCUT2D eigenvalue weighted by Gasteiger charge is 2.22. The number of imide groups is 1. The molecule has 0 aliphatic rings. The van der Waals surface area contributed by atoms with Crippen LogP contribution in [0.5, 0.6) is 0 Å². The first-order valence-corrected chi connectivity index (χ1v) is 7.97. The quantitative estimate of drug-likeness (QED) is 0.704. The minimum absolute atomic E-state index is 0.173. The van der Waals surface area contributed by atoms with Crippen molar-refractivity contribution < 1.29 is 9.59 Å². The van der Waals surface area contributed by atoms with Crippen molar-refractivity contribution in [1.29, 1.82) is 0 Å². The van der Waals surface area contributed by atoms with Crippen LogP contribution in [0, 0.1) is 6.92 Å². The van der Waals surface area contributed by atoms with Gasteiger partial charge < -0.3 is 5.32 Å². The van der Waals surface area contributed by atoms with Gasteiger partial charge in [0.15, 0.2) is 5.65 Å². The molecule has 0 unspecified atom stereocenters. The molecular formula is C16H13Cl2N5O2. The van der Waals surface area contributed by atoms with Crippen LogP contribution in [-0.4, -0.2) is 27.2 Å². The molecule has 0 saturated carbocycles. The number of hydrogen-bond acceptors (Lipinski definition) is 4. The first kappa shape index (κ1) is 17.2. The van der Waals surface area contributed by atoms with Crippen LogP contribution in [0.15, 0.2) is 30.5 Å². The molecule has 0 aliphatic carbocycles. The van der Waals surface area contributed by atoms with E-state index in [2.05, 4.69) is 15.4 Å². The number of anilines is 2. The first-order valence-electron chi connectivity index (χ1n) is 7.21. The van der Waals surface area contributed by atoms with E-state index >= 15 is 0 Å². The number of carbonyl (C=O) groups excluding carboxylic acids is 2. The van der Waals surface area contributed by atoms with Gasteiger partial charge in [-0.1, -0.05) is 23.2 Å². The van der Waals surface area contributed by atoms with Gasteiger partial charge in [0.1, 0.15) is 0 Å². The predicted molar refractivity (Wildman–Crippen MR) is 97.3 cm³/mol. The predicted octanol–water partition coefficient (Wildman–Crippen LogP) is 3.78. The van der Waals surface area contributed by atoms with Crippen molar-refractivity contribution in [3.8, 4) is 0 Å². The van der Waals surface area contributed by atoms with Gasteiger partial charge in [-0.05, 0) is 31.2 Å². The highest BCUT2D eigenvalue weighted by atomic mass is 35.5. The maximum absolute atomic E-state index is 12.5. The Morgan fingerprint density at radius 3 is 2.60 bits per heavy atom.